The van der Waals surface area contributed by atoms with Gasteiger partial charge >= 0.3 is 12.1 Å². The highest BCUT2D eigenvalue weighted by atomic mass is 35.5. The summed E-state index contributed by atoms with van der Waals surface area (Å²) in [5, 5.41) is 2.94. The van der Waals surface area contributed by atoms with Gasteiger partial charge < -0.3 is 10.1 Å². The number of halogens is 4. The number of anilines is 1. The minimum atomic E-state index is -4.49. The molecule has 0 aliphatic carbocycles. The maximum Gasteiger partial charge on any atom is 0.416 e. The summed E-state index contributed by atoms with van der Waals surface area (Å²) in [6.45, 7) is 1.35. The monoisotopic (exact) mass is 371 g/mol. The fourth-order valence-corrected chi connectivity index (χ4v) is 2.08. The molecule has 8 heteroatoms. The van der Waals surface area contributed by atoms with Crippen LogP contribution >= 0.6 is 11.6 Å². The molecule has 1 atom stereocenters. The molecule has 0 aromatic heterocycles. The van der Waals surface area contributed by atoms with Crippen molar-refractivity contribution < 1.29 is 27.5 Å². The van der Waals surface area contributed by atoms with Gasteiger partial charge in [-0.25, -0.2) is 4.79 Å². The first-order chi connectivity index (χ1) is 11.7. The predicted molar refractivity (Wildman–Crippen MR) is 86.4 cm³/mol. The number of benzene rings is 2. The summed E-state index contributed by atoms with van der Waals surface area (Å²) in [5.41, 5.74) is -0.541. The van der Waals surface area contributed by atoms with Crippen molar-refractivity contribution in [2.24, 2.45) is 0 Å². The molecule has 0 saturated heterocycles. The van der Waals surface area contributed by atoms with Crippen molar-refractivity contribution in [3.8, 4) is 0 Å². The topological polar surface area (TPSA) is 55.4 Å². The van der Waals surface area contributed by atoms with Crippen molar-refractivity contribution in [1.29, 1.82) is 0 Å². The van der Waals surface area contributed by atoms with Crippen LogP contribution < -0.4 is 5.32 Å². The van der Waals surface area contributed by atoms with Gasteiger partial charge in [0.15, 0.2) is 6.10 Å². The molecule has 25 heavy (non-hydrogen) atoms. The van der Waals surface area contributed by atoms with Crippen molar-refractivity contribution in [3.05, 3.63) is 64.7 Å². The van der Waals surface area contributed by atoms with Crippen molar-refractivity contribution in [2.45, 2.75) is 19.2 Å². The van der Waals surface area contributed by atoms with Gasteiger partial charge in [0.05, 0.1) is 11.1 Å². The first-order valence-corrected chi connectivity index (χ1v) is 7.49. The van der Waals surface area contributed by atoms with E-state index in [2.05, 4.69) is 5.32 Å². The molecule has 2 rings (SSSR count). The van der Waals surface area contributed by atoms with Crippen LogP contribution in [0.15, 0.2) is 48.5 Å². The number of rotatable bonds is 4. The normalized spacial score (nSPS) is 12.4. The highest BCUT2D eigenvalue weighted by Crippen LogP contribution is 2.29. The van der Waals surface area contributed by atoms with Crippen molar-refractivity contribution >= 4 is 29.2 Å². The average Bonchev–Trinajstić information content (AvgIpc) is 2.54. The van der Waals surface area contributed by atoms with Gasteiger partial charge in [0, 0.05) is 10.7 Å². The Labute approximate surface area is 146 Å². The molecule has 0 heterocycles. The number of carbonyl (C=O) groups is 2. The quantitative estimate of drug-likeness (QED) is 0.803. The summed E-state index contributed by atoms with van der Waals surface area (Å²) in [6, 6.07) is 9.92. The molecule has 132 valence electrons. The highest BCUT2D eigenvalue weighted by molar-refractivity contribution is 6.30. The molecule has 0 radical (unpaired) electrons. The lowest BCUT2D eigenvalue weighted by Gasteiger charge is -2.14. The van der Waals surface area contributed by atoms with Gasteiger partial charge in [-0.2, -0.15) is 13.2 Å². The van der Waals surface area contributed by atoms with Crippen LogP contribution in [0.4, 0.5) is 18.9 Å². The van der Waals surface area contributed by atoms with Gasteiger partial charge in [-0.3, -0.25) is 4.79 Å². The first-order valence-electron chi connectivity index (χ1n) is 7.11. The van der Waals surface area contributed by atoms with Crippen LogP contribution in [0.25, 0.3) is 0 Å². The van der Waals surface area contributed by atoms with Crippen LogP contribution in [0, 0.1) is 0 Å². The second-order valence-corrected chi connectivity index (χ2v) is 5.56. The van der Waals surface area contributed by atoms with E-state index in [0.29, 0.717) is 10.7 Å². The maximum absolute atomic E-state index is 12.5. The summed E-state index contributed by atoms with van der Waals surface area (Å²) in [4.78, 5) is 23.9. The SMILES string of the molecule is C[C@H](OC(=O)c1ccc(C(F)(F)F)cc1)C(=O)Nc1cccc(Cl)c1. The van der Waals surface area contributed by atoms with E-state index in [0.717, 1.165) is 24.3 Å². The predicted octanol–water partition coefficient (Wildman–Crippen LogP) is 4.54. The van der Waals surface area contributed by atoms with E-state index in [9.17, 15) is 22.8 Å². The summed E-state index contributed by atoms with van der Waals surface area (Å²) < 4.78 is 42.4. The third kappa shape index (κ3) is 5.22. The highest BCUT2D eigenvalue weighted by Gasteiger charge is 2.30. The van der Waals surface area contributed by atoms with E-state index in [1.807, 2.05) is 0 Å². The van der Waals surface area contributed by atoms with E-state index in [4.69, 9.17) is 16.3 Å². The van der Waals surface area contributed by atoms with Crippen LogP contribution in [-0.4, -0.2) is 18.0 Å². The molecule has 2 aromatic rings. The number of hydrogen-bond donors (Lipinski definition) is 1. The van der Waals surface area contributed by atoms with E-state index < -0.39 is 29.7 Å². The lowest BCUT2D eigenvalue weighted by molar-refractivity contribution is -0.137. The number of alkyl halides is 3. The summed E-state index contributed by atoms with van der Waals surface area (Å²) in [7, 11) is 0. The number of esters is 1. The van der Waals surface area contributed by atoms with Crippen LogP contribution in [0.1, 0.15) is 22.8 Å². The van der Waals surface area contributed by atoms with Gasteiger partial charge in [-0.1, -0.05) is 17.7 Å². The fourth-order valence-electron chi connectivity index (χ4n) is 1.89. The Bertz CT molecular complexity index is 775. The Morgan fingerprint density at radius 3 is 2.32 bits per heavy atom. The zero-order valence-corrected chi connectivity index (χ0v) is 13.7. The zero-order chi connectivity index (χ0) is 18.6. The smallest absolute Gasteiger partial charge is 0.416 e. The van der Waals surface area contributed by atoms with Crippen LogP contribution in [0.3, 0.4) is 0 Å². The van der Waals surface area contributed by atoms with Crippen molar-refractivity contribution in [2.75, 3.05) is 5.32 Å². The Morgan fingerprint density at radius 1 is 1.12 bits per heavy atom. The fraction of sp³-hybridized carbons (Fsp3) is 0.176. The Hall–Kier alpha value is -2.54. The number of ether oxygens (including phenoxy) is 1. The van der Waals surface area contributed by atoms with E-state index in [-0.39, 0.29) is 5.56 Å². The van der Waals surface area contributed by atoms with Gasteiger partial charge in [0.25, 0.3) is 5.91 Å². The molecule has 4 nitrogen and oxygen atoms in total. The lowest BCUT2D eigenvalue weighted by Crippen LogP contribution is -2.30. The Balaban J connectivity index is 1.98. The third-order valence-corrected chi connectivity index (χ3v) is 3.43. The Morgan fingerprint density at radius 2 is 1.76 bits per heavy atom. The standard InChI is InChI=1S/C17H13ClF3NO3/c1-10(15(23)22-14-4-2-3-13(18)9-14)25-16(24)11-5-7-12(8-6-11)17(19,20)21/h2-10H,1H3,(H,22,23)/t10-/m0/s1. The van der Waals surface area contributed by atoms with Crippen molar-refractivity contribution in [3.63, 3.8) is 0 Å². The molecule has 0 aliphatic rings. The van der Waals surface area contributed by atoms with E-state index >= 15 is 0 Å². The first kappa shape index (κ1) is 18.8. The minimum Gasteiger partial charge on any atom is -0.449 e. The third-order valence-electron chi connectivity index (χ3n) is 3.19. The summed E-state index contributed by atoms with van der Waals surface area (Å²) >= 11 is 5.80. The van der Waals surface area contributed by atoms with Gasteiger partial charge in [-0.15, -0.1) is 0 Å². The molecule has 2 aromatic carbocycles. The molecule has 0 spiro atoms. The largest absolute Gasteiger partial charge is 0.449 e. The van der Waals surface area contributed by atoms with Crippen molar-refractivity contribution in [1.82, 2.24) is 0 Å². The second-order valence-electron chi connectivity index (χ2n) is 5.12. The second kappa shape index (κ2) is 7.57. The maximum atomic E-state index is 12.5. The number of hydrogen-bond acceptors (Lipinski definition) is 3. The number of nitrogens with one attached hydrogen (secondary N) is 1. The number of amides is 1. The molecular weight excluding hydrogens is 359 g/mol. The summed E-state index contributed by atoms with van der Waals surface area (Å²) in [5.74, 6) is -1.50. The van der Waals surface area contributed by atoms with Gasteiger partial charge in [0.1, 0.15) is 0 Å². The molecule has 0 aliphatic heterocycles. The average molecular weight is 372 g/mol. The molecule has 0 saturated carbocycles. The number of carbonyl (C=O) groups excluding carboxylic acids is 2. The van der Waals surface area contributed by atoms with Crippen LogP contribution in [0.5, 0.6) is 0 Å². The van der Waals surface area contributed by atoms with E-state index in [1.165, 1.54) is 13.0 Å². The van der Waals surface area contributed by atoms with Crippen LogP contribution in [-0.2, 0) is 15.7 Å². The molecule has 0 bridgehead atoms. The molecule has 0 unspecified atom stereocenters. The molecule has 0 fully saturated rings. The summed E-state index contributed by atoms with van der Waals surface area (Å²) in [6.07, 6.45) is -5.64. The molecular formula is C17H13ClF3NO3. The Kier molecular flexibility index (Phi) is 5.69. The zero-order valence-electron chi connectivity index (χ0n) is 12.9. The minimum absolute atomic E-state index is 0.0876. The molecule has 1 N–H and O–H groups in total. The van der Waals surface area contributed by atoms with Gasteiger partial charge in [-0.05, 0) is 49.4 Å². The van der Waals surface area contributed by atoms with E-state index in [1.54, 1.807) is 18.2 Å². The lowest BCUT2D eigenvalue weighted by atomic mass is 10.1. The van der Waals surface area contributed by atoms with Gasteiger partial charge in [0.2, 0.25) is 0 Å². The molecule has 1 amide bonds. The van der Waals surface area contributed by atoms with Crippen LogP contribution in [0.2, 0.25) is 5.02 Å².